The van der Waals surface area contributed by atoms with E-state index in [2.05, 4.69) is 19.2 Å². The summed E-state index contributed by atoms with van der Waals surface area (Å²) in [6.07, 6.45) is 0.995. The SMILES string of the molecule is CC(C)CC1CN(c2cc(F)c(F)c(F)c2)C(C)CN1. The highest BCUT2D eigenvalue weighted by atomic mass is 19.2. The van der Waals surface area contributed by atoms with Crippen LogP contribution in [0.2, 0.25) is 0 Å². The molecule has 0 aromatic heterocycles. The molecule has 2 unspecified atom stereocenters. The Kier molecular flexibility index (Phi) is 4.58. The van der Waals surface area contributed by atoms with E-state index in [1.807, 2.05) is 11.8 Å². The van der Waals surface area contributed by atoms with Gasteiger partial charge in [0.2, 0.25) is 0 Å². The van der Waals surface area contributed by atoms with E-state index in [1.165, 1.54) is 0 Å². The summed E-state index contributed by atoms with van der Waals surface area (Å²) < 4.78 is 39.8. The Bertz CT molecular complexity index is 453. The molecule has 0 amide bonds. The number of rotatable bonds is 3. The van der Waals surface area contributed by atoms with Gasteiger partial charge in [-0.25, -0.2) is 13.2 Å². The number of nitrogens with zero attached hydrogens (tertiary/aromatic N) is 1. The lowest BCUT2D eigenvalue weighted by atomic mass is 9.99. The van der Waals surface area contributed by atoms with Crippen LogP contribution in [-0.2, 0) is 0 Å². The first-order valence-corrected chi connectivity index (χ1v) is 7.03. The highest BCUT2D eigenvalue weighted by Gasteiger charge is 2.27. The molecule has 1 fully saturated rings. The minimum Gasteiger partial charge on any atom is -0.366 e. The Hall–Kier alpha value is -1.23. The molecule has 2 nitrogen and oxygen atoms in total. The van der Waals surface area contributed by atoms with Gasteiger partial charge in [-0.05, 0) is 19.3 Å². The van der Waals surface area contributed by atoms with Crippen molar-refractivity contribution in [1.82, 2.24) is 5.32 Å². The van der Waals surface area contributed by atoms with E-state index in [0.717, 1.165) is 25.1 Å². The van der Waals surface area contributed by atoms with Crippen molar-refractivity contribution in [3.05, 3.63) is 29.6 Å². The van der Waals surface area contributed by atoms with Crippen LogP contribution in [0.25, 0.3) is 0 Å². The van der Waals surface area contributed by atoms with Crippen LogP contribution in [0, 0.1) is 23.4 Å². The van der Waals surface area contributed by atoms with Gasteiger partial charge in [0.05, 0.1) is 0 Å². The van der Waals surface area contributed by atoms with Crippen molar-refractivity contribution in [2.75, 3.05) is 18.0 Å². The van der Waals surface area contributed by atoms with Crippen molar-refractivity contribution in [2.45, 2.75) is 39.3 Å². The van der Waals surface area contributed by atoms with E-state index in [4.69, 9.17) is 0 Å². The molecular formula is C15H21F3N2. The highest BCUT2D eigenvalue weighted by Crippen LogP contribution is 2.25. The summed E-state index contributed by atoms with van der Waals surface area (Å²) >= 11 is 0. The van der Waals surface area contributed by atoms with Gasteiger partial charge in [0, 0.05) is 43.0 Å². The number of nitrogens with one attached hydrogen (secondary N) is 1. The van der Waals surface area contributed by atoms with Gasteiger partial charge in [0.15, 0.2) is 17.5 Å². The molecule has 0 spiro atoms. The minimum atomic E-state index is -1.41. The Labute approximate surface area is 118 Å². The first kappa shape index (κ1) is 15.2. The van der Waals surface area contributed by atoms with Crippen LogP contribution >= 0.6 is 0 Å². The van der Waals surface area contributed by atoms with E-state index in [0.29, 0.717) is 18.2 Å². The highest BCUT2D eigenvalue weighted by molar-refractivity contribution is 5.49. The second-order valence-electron chi connectivity index (χ2n) is 5.96. The number of hydrogen-bond donors (Lipinski definition) is 1. The van der Waals surface area contributed by atoms with Gasteiger partial charge < -0.3 is 10.2 Å². The minimum absolute atomic E-state index is 0.114. The van der Waals surface area contributed by atoms with Crippen molar-refractivity contribution >= 4 is 5.69 Å². The van der Waals surface area contributed by atoms with Gasteiger partial charge >= 0.3 is 0 Å². The average Bonchev–Trinajstić information content (AvgIpc) is 2.37. The Morgan fingerprint density at radius 2 is 1.85 bits per heavy atom. The largest absolute Gasteiger partial charge is 0.366 e. The average molecular weight is 286 g/mol. The van der Waals surface area contributed by atoms with E-state index < -0.39 is 17.5 Å². The van der Waals surface area contributed by atoms with Crippen molar-refractivity contribution in [3.63, 3.8) is 0 Å². The van der Waals surface area contributed by atoms with Crippen molar-refractivity contribution in [1.29, 1.82) is 0 Å². The molecule has 1 aromatic rings. The zero-order valence-electron chi connectivity index (χ0n) is 12.1. The molecule has 1 saturated heterocycles. The molecule has 0 aliphatic carbocycles. The number of halogens is 3. The van der Waals surface area contributed by atoms with Crippen LogP contribution in [-0.4, -0.2) is 25.2 Å². The fourth-order valence-electron chi connectivity index (χ4n) is 2.72. The lowest BCUT2D eigenvalue weighted by Gasteiger charge is -2.41. The second kappa shape index (κ2) is 6.04. The van der Waals surface area contributed by atoms with Crippen molar-refractivity contribution in [3.8, 4) is 0 Å². The van der Waals surface area contributed by atoms with Crippen LogP contribution in [0.5, 0.6) is 0 Å². The predicted octanol–water partition coefficient (Wildman–Crippen LogP) is 3.32. The summed E-state index contributed by atoms with van der Waals surface area (Å²) in [6, 6.07) is 2.55. The molecule has 1 aromatic carbocycles. The summed E-state index contributed by atoms with van der Waals surface area (Å²) in [6.45, 7) is 7.68. The third-order valence-electron chi connectivity index (χ3n) is 3.71. The molecule has 0 radical (unpaired) electrons. The number of anilines is 1. The smallest absolute Gasteiger partial charge is 0.194 e. The van der Waals surface area contributed by atoms with Gasteiger partial charge in [-0.15, -0.1) is 0 Å². The molecule has 0 bridgehead atoms. The molecule has 2 rings (SSSR count). The molecule has 1 aliphatic heterocycles. The zero-order chi connectivity index (χ0) is 14.9. The van der Waals surface area contributed by atoms with E-state index in [-0.39, 0.29) is 12.1 Å². The molecular weight excluding hydrogens is 265 g/mol. The maximum atomic E-state index is 13.4. The van der Waals surface area contributed by atoms with E-state index in [9.17, 15) is 13.2 Å². The van der Waals surface area contributed by atoms with Crippen LogP contribution in [0.15, 0.2) is 12.1 Å². The van der Waals surface area contributed by atoms with Crippen LogP contribution in [0.1, 0.15) is 27.2 Å². The van der Waals surface area contributed by atoms with Gasteiger partial charge in [-0.1, -0.05) is 13.8 Å². The predicted molar refractivity (Wildman–Crippen MR) is 74.4 cm³/mol. The van der Waals surface area contributed by atoms with Gasteiger partial charge in [0.1, 0.15) is 0 Å². The zero-order valence-corrected chi connectivity index (χ0v) is 12.1. The molecule has 1 aliphatic rings. The topological polar surface area (TPSA) is 15.3 Å². The van der Waals surface area contributed by atoms with Crippen LogP contribution < -0.4 is 10.2 Å². The van der Waals surface area contributed by atoms with Crippen molar-refractivity contribution < 1.29 is 13.2 Å². The molecule has 20 heavy (non-hydrogen) atoms. The standard InChI is InChI=1S/C15H21F3N2/c1-9(2)4-11-8-20(10(3)7-19-11)12-5-13(16)15(18)14(17)6-12/h5-6,9-11,19H,4,7-8H2,1-3H3. The van der Waals surface area contributed by atoms with Gasteiger partial charge in [-0.2, -0.15) is 0 Å². The maximum absolute atomic E-state index is 13.4. The molecule has 1 heterocycles. The number of piperazine rings is 1. The van der Waals surface area contributed by atoms with Crippen molar-refractivity contribution in [2.24, 2.45) is 5.92 Å². The fraction of sp³-hybridized carbons (Fsp3) is 0.600. The molecule has 5 heteroatoms. The Morgan fingerprint density at radius 3 is 2.40 bits per heavy atom. The quantitative estimate of drug-likeness (QED) is 0.858. The fourth-order valence-corrected chi connectivity index (χ4v) is 2.72. The Balaban J connectivity index is 2.21. The molecule has 2 atom stereocenters. The van der Waals surface area contributed by atoms with Gasteiger partial charge in [0.25, 0.3) is 0 Å². The number of benzene rings is 1. The monoisotopic (exact) mass is 286 g/mol. The second-order valence-corrected chi connectivity index (χ2v) is 5.96. The summed E-state index contributed by atoms with van der Waals surface area (Å²) in [4.78, 5) is 1.94. The molecule has 1 N–H and O–H groups in total. The lowest BCUT2D eigenvalue weighted by molar-refractivity contribution is 0.354. The normalized spacial score (nSPS) is 23.4. The van der Waals surface area contributed by atoms with Crippen LogP contribution in [0.4, 0.5) is 18.9 Å². The third kappa shape index (κ3) is 3.26. The first-order chi connectivity index (χ1) is 9.38. The van der Waals surface area contributed by atoms with E-state index >= 15 is 0 Å². The summed E-state index contributed by atoms with van der Waals surface area (Å²) in [5.41, 5.74) is 0.407. The van der Waals surface area contributed by atoms with E-state index in [1.54, 1.807) is 0 Å². The first-order valence-electron chi connectivity index (χ1n) is 7.03. The third-order valence-corrected chi connectivity index (χ3v) is 3.71. The molecule has 112 valence electrons. The summed E-state index contributed by atoms with van der Waals surface area (Å²) in [5.74, 6) is -3.13. The van der Waals surface area contributed by atoms with Gasteiger partial charge in [-0.3, -0.25) is 0 Å². The lowest BCUT2D eigenvalue weighted by Crippen LogP contribution is -2.56. The van der Waals surface area contributed by atoms with Crippen LogP contribution in [0.3, 0.4) is 0 Å². The summed E-state index contributed by atoms with van der Waals surface area (Å²) in [5, 5.41) is 3.44. The summed E-state index contributed by atoms with van der Waals surface area (Å²) in [7, 11) is 0. The Morgan fingerprint density at radius 1 is 1.25 bits per heavy atom. The molecule has 0 saturated carbocycles. The number of hydrogen-bond acceptors (Lipinski definition) is 2. The maximum Gasteiger partial charge on any atom is 0.194 e.